The second-order valence-electron chi connectivity index (χ2n) is 4.54. The van der Waals surface area contributed by atoms with Gasteiger partial charge in [0.05, 0.1) is 18.5 Å². The summed E-state index contributed by atoms with van der Waals surface area (Å²) in [6.07, 6.45) is 3.98. The number of benzene rings is 2. The molecule has 0 unspecified atom stereocenters. The van der Waals surface area contributed by atoms with Crippen LogP contribution in [0.1, 0.15) is 5.56 Å². The van der Waals surface area contributed by atoms with E-state index in [1.54, 1.807) is 0 Å². The third-order valence-corrected chi connectivity index (χ3v) is 4.10. The monoisotopic (exact) mass is 318 g/mol. The summed E-state index contributed by atoms with van der Waals surface area (Å²) in [6, 6.07) is 14.6. The highest BCUT2D eigenvalue weighted by Gasteiger charge is 2.34. The summed E-state index contributed by atoms with van der Waals surface area (Å²) >= 11 is 3.53. The minimum absolute atomic E-state index is 0.568. The molecule has 0 fully saturated rings. The van der Waals surface area contributed by atoms with Crippen molar-refractivity contribution in [3.63, 3.8) is 0 Å². The molecule has 98 valence electrons. The summed E-state index contributed by atoms with van der Waals surface area (Å²) in [7, 11) is 0. The normalized spacial score (nSPS) is 18.4. The summed E-state index contributed by atoms with van der Waals surface area (Å²) in [4.78, 5) is 0. The summed E-state index contributed by atoms with van der Waals surface area (Å²) in [5, 5.41) is 3.03. The average Bonchev–Trinajstić information content (AvgIpc) is 2.73. The van der Waals surface area contributed by atoms with Crippen LogP contribution in [0.2, 0.25) is 0 Å². The van der Waals surface area contributed by atoms with Gasteiger partial charge in [0, 0.05) is 5.56 Å². The van der Waals surface area contributed by atoms with Gasteiger partial charge in [0.1, 0.15) is 0 Å². The van der Waals surface area contributed by atoms with Crippen molar-refractivity contribution in [2.24, 2.45) is 0 Å². The van der Waals surface area contributed by atoms with Crippen molar-refractivity contribution in [1.29, 1.82) is 0 Å². The molecule has 0 bridgehead atoms. The Bertz CT molecular complexity index is 596. The van der Waals surface area contributed by atoms with Crippen molar-refractivity contribution in [1.82, 2.24) is 0 Å². The van der Waals surface area contributed by atoms with Crippen molar-refractivity contribution < 1.29 is 9.47 Å². The van der Waals surface area contributed by atoms with Crippen LogP contribution in [-0.4, -0.2) is 18.5 Å². The predicted molar refractivity (Wildman–Crippen MR) is 80.5 cm³/mol. The first-order valence-electron chi connectivity index (χ1n) is 6.32. The maximum atomic E-state index is 5.92. The van der Waals surface area contributed by atoms with Crippen molar-refractivity contribution in [2.45, 2.75) is 5.79 Å². The summed E-state index contributed by atoms with van der Waals surface area (Å²) < 4.78 is 11.8. The Morgan fingerprint density at radius 1 is 0.947 bits per heavy atom. The fourth-order valence-electron chi connectivity index (χ4n) is 2.29. The molecular weight excluding hydrogens is 304 g/mol. The number of hydrogen-bond acceptors (Lipinski definition) is 2. The van der Waals surface area contributed by atoms with E-state index in [-0.39, 0.29) is 0 Å². The second kappa shape index (κ2) is 5.45. The van der Waals surface area contributed by atoms with Gasteiger partial charge in [-0.1, -0.05) is 64.5 Å². The molecule has 2 aromatic rings. The molecule has 0 saturated heterocycles. The zero-order chi connectivity index (χ0) is 13.1. The van der Waals surface area contributed by atoms with Crippen LogP contribution < -0.4 is 0 Å². The first-order valence-corrected chi connectivity index (χ1v) is 7.44. The molecule has 0 amide bonds. The Morgan fingerprint density at radius 2 is 1.63 bits per heavy atom. The van der Waals surface area contributed by atoms with Gasteiger partial charge in [-0.2, -0.15) is 0 Å². The Labute approximate surface area is 121 Å². The maximum Gasteiger partial charge on any atom is 0.205 e. The molecule has 2 nitrogen and oxygen atoms in total. The Morgan fingerprint density at radius 3 is 2.32 bits per heavy atom. The molecular formula is C16H15BrO2. The lowest BCUT2D eigenvalue weighted by Crippen LogP contribution is -2.34. The van der Waals surface area contributed by atoms with Crippen LogP contribution in [0.25, 0.3) is 10.8 Å². The van der Waals surface area contributed by atoms with Crippen LogP contribution in [-0.2, 0) is 15.3 Å². The first-order chi connectivity index (χ1) is 9.34. The zero-order valence-electron chi connectivity index (χ0n) is 10.5. The van der Waals surface area contributed by atoms with Crippen LogP contribution in [0, 0.1) is 0 Å². The third kappa shape index (κ3) is 2.46. The Hall–Kier alpha value is -1.16. The lowest BCUT2D eigenvalue weighted by atomic mass is 10.0. The molecule has 0 aliphatic carbocycles. The van der Waals surface area contributed by atoms with Crippen LogP contribution in [0.4, 0.5) is 0 Å². The van der Waals surface area contributed by atoms with Gasteiger partial charge in [-0.25, -0.2) is 0 Å². The van der Waals surface area contributed by atoms with E-state index in [2.05, 4.69) is 46.3 Å². The van der Waals surface area contributed by atoms with Gasteiger partial charge in [-0.3, -0.25) is 0 Å². The van der Waals surface area contributed by atoms with Crippen LogP contribution in [0.3, 0.4) is 0 Å². The smallest absolute Gasteiger partial charge is 0.205 e. The summed E-state index contributed by atoms with van der Waals surface area (Å²) in [6.45, 7) is 1.14. The molecule has 19 heavy (non-hydrogen) atoms. The lowest BCUT2D eigenvalue weighted by Gasteiger charge is -2.31. The van der Waals surface area contributed by atoms with E-state index in [1.807, 2.05) is 24.3 Å². The molecule has 1 heterocycles. The highest BCUT2D eigenvalue weighted by Crippen LogP contribution is 2.32. The number of fused-ring (bicyclic) bond motifs is 1. The minimum atomic E-state index is -0.701. The molecule has 1 aliphatic rings. The fourth-order valence-corrected chi connectivity index (χ4v) is 2.94. The van der Waals surface area contributed by atoms with Gasteiger partial charge >= 0.3 is 0 Å². The summed E-state index contributed by atoms with van der Waals surface area (Å²) in [5.74, 6) is -0.701. The predicted octanol–water partition coefficient (Wildman–Crippen LogP) is 3.99. The number of halogens is 1. The van der Waals surface area contributed by atoms with E-state index in [1.165, 1.54) is 10.8 Å². The van der Waals surface area contributed by atoms with E-state index < -0.39 is 5.79 Å². The molecule has 0 N–H and O–H groups in total. The fraction of sp³-hybridized carbons (Fsp3) is 0.250. The minimum Gasteiger partial charge on any atom is -0.341 e. The molecule has 1 aliphatic heterocycles. The molecule has 0 saturated carbocycles. The molecule has 0 aromatic heterocycles. The molecule has 2 aromatic carbocycles. The first kappa shape index (κ1) is 12.9. The van der Waals surface area contributed by atoms with Crippen LogP contribution in [0.5, 0.6) is 0 Å². The van der Waals surface area contributed by atoms with Crippen LogP contribution in [0.15, 0.2) is 54.6 Å². The highest BCUT2D eigenvalue weighted by atomic mass is 79.9. The van der Waals surface area contributed by atoms with Crippen LogP contribution >= 0.6 is 15.9 Å². The van der Waals surface area contributed by atoms with Gasteiger partial charge in [0.25, 0.3) is 0 Å². The standard InChI is InChI=1S/C16H15BrO2/c17-12-16(18-9-3-4-10-19-16)15-8-7-13-5-1-2-6-14(13)11-15/h1-8,11H,9-10,12H2. The molecule has 0 spiro atoms. The van der Waals surface area contributed by atoms with E-state index in [0.29, 0.717) is 18.5 Å². The number of alkyl halides is 1. The van der Waals surface area contributed by atoms with E-state index in [4.69, 9.17) is 9.47 Å². The van der Waals surface area contributed by atoms with Crippen molar-refractivity contribution in [2.75, 3.05) is 18.5 Å². The van der Waals surface area contributed by atoms with Gasteiger partial charge in [0.2, 0.25) is 5.79 Å². The summed E-state index contributed by atoms with van der Waals surface area (Å²) in [5.41, 5.74) is 1.05. The van der Waals surface area contributed by atoms with E-state index >= 15 is 0 Å². The Balaban J connectivity index is 2.05. The average molecular weight is 319 g/mol. The van der Waals surface area contributed by atoms with Crippen molar-refractivity contribution in [3.8, 4) is 0 Å². The van der Waals surface area contributed by atoms with Gasteiger partial charge in [0.15, 0.2) is 0 Å². The maximum absolute atomic E-state index is 5.92. The van der Waals surface area contributed by atoms with Crippen molar-refractivity contribution >= 4 is 26.7 Å². The molecule has 0 radical (unpaired) electrons. The number of ether oxygens (including phenoxy) is 2. The number of rotatable bonds is 2. The SMILES string of the molecule is BrCC1(c2ccc3ccccc3c2)OCC=CCO1. The molecule has 3 rings (SSSR count). The van der Waals surface area contributed by atoms with E-state index in [0.717, 1.165) is 5.56 Å². The van der Waals surface area contributed by atoms with Crippen molar-refractivity contribution in [3.05, 3.63) is 60.2 Å². The molecule has 3 heteroatoms. The number of hydrogen-bond donors (Lipinski definition) is 0. The molecule has 0 atom stereocenters. The second-order valence-corrected chi connectivity index (χ2v) is 5.10. The van der Waals surface area contributed by atoms with Gasteiger partial charge < -0.3 is 9.47 Å². The topological polar surface area (TPSA) is 18.5 Å². The van der Waals surface area contributed by atoms with Gasteiger partial charge in [-0.05, 0) is 16.8 Å². The third-order valence-electron chi connectivity index (χ3n) is 3.36. The lowest BCUT2D eigenvalue weighted by molar-refractivity contribution is -0.213. The Kier molecular flexibility index (Phi) is 3.69. The van der Waals surface area contributed by atoms with Gasteiger partial charge in [-0.15, -0.1) is 0 Å². The largest absolute Gasteiger partial charge is 0.341 e. The highest BCUT2D eigenvalue weighted by molar-refractivity contribution is 9.09. The van der Waals surface area contributed by atoms with E-state index in [9.17, 15) is 0 Å². The zero-order valence-corrected chi connectivity index (χ0v) is 12.1. The quantitative estimate of drug-likeness (QED) is 0.615.